The van der Waals surface area contributed by atoms with Gasteiger partial charge in [-0.25, -0.2) is 0 Å². The minimum atomic E-state index is -1.05. The minimum absolute atomic E-state index is 0.0231. The lowest BCUT2D eigenvalue weighted by Gasteiger charge is -2.19. The molecule has 0 aromatic rings. The summed E-state index contributed by atoms with van der Waals surface area (Å²) in [5, 5.41) is 0. The van der Waals surface area contributed by atoms with Crippen LogP contribution in [0.4, 0.5) is 0 Å². The molecule has 3 nitrogen and oxygen atoms in total. The van der Waals surface area contributed by atoms with Gasteiger partial charge in [0.2, 0.25) is 5.91 Å². The number of hydrogen-bond acceptors (Lipinski definition) is 2. The summed E-state index contributed by atoms with van der Waals surface area (Å²) in [4.78, 5) is 23.4. The number of nitrogens with two attached hydrogens (primary N) is 1. The van der Waals surface area contributed by atoms with Gasteiger partial charge in [-0.1, -0.05) is 27.7 Å². The summed E-state index contributed by atoms with van der Waals surface area (Å²) in [6.07, 6.45) is 0. The molecule has 1 aliphatic carbocycles. The third-order valence-corrected chi connectivity index (χ3v) is 4.51. The fourth-order valence-corrected chi connectivity index (χ4v) is 2.33. The Balaban J connectivity index is 2.96. The monoisotopic (exact) mass is 211 g/mol. The Morgan fingerprint density at radius 1 is 1.07 bits per heavy atom. The molecule has 0 atom stereocenters. The van der Waals surface area contributed by atoms with E-state index in [9.17, 15) is 9.59 Å². The lowest BCUT2D eigenvalue weighted by molar-refractivity contribution is -0.139. The zero-order valence-corrected chi connectivity index (χ0v) is 10.5. The number of carbonyl (C=O) groups is 2. The van der Waals surface area contributed by atoms with Crippen LogP contribution in [-0.4, -0.2) is 11.7 Å². The molecule has 1 saturated carbocycles. The van der Waals surface area contributed by atoms with E-state index in [0.717, 1.165) is 0 Å². The molecular formula is C12H21NO2. The molecule has 1 aliphatic rings. The van der Waals surface area contributed by atoms with Crippen molar-refractivity contribution in [2.75, 3.05) is 0 Å². The third kappa shape index (κ3) is 1.40. The summed E-state index contributed by atoms with van der Waals surface area (Å²) in [6.45, 7) is 11.5. The van der Waals surface area contributed by atoms with Gasteiger partial charge in [-0.15, -0.1) is 0 Å². The van der Waals surface area contributed by atoms with E-state index < -0.39 is 11.3 Å². The molecule has 86 valence electrons. The Morgan fingerprint density at radius 3 is 1.60 bits per heavy atom. The van der Waals surface area contributed by atoms with Gasteiger partial charge < -0.3 is 5.73 Å². The number of Topliss-reactive ketones (excluding diaryl/α,β-unsaturated/α-hetero) is 1. The standard InChI is InChI=1S/C12H21NO2/c1-10(2,9(13)15)8(14)7-11(3,4)12(7,5)6/h7H,1-6H3,(H2,13,15). The topological polar surface area (TPSA) is 60.2 Å². The molecule has 0 aromatic carbocycles. The second kappa shape index (κ2) is 2.83. The Hall–Kier alpha value is -0.860. The van der Waals surface area contributed by atoms with Crippen molar-refractivity contribution in [3.63, 3.8) is 0 Å². The molecule has 0 spiro atoms. The molecule has 0 aliphatic heterocycles. The summed E-state index contributed by atoms with van der Waals surface area (Å²) in [5.41, 5.74) is 4.15. The highest BCUT2D eigenvalue weighted by atomic mass is 16.2. The number of hydrogen-bond donors (Lipinski definition) is 1. The molecule has 0 aromatic heterocycles. The van der Waals surface area contributed by atoms with Gasteiger partial charge in [0.25, 0.3) is 0 Å². The maximum Gasteiger partial charge on any atom is 0.230 e. The second-order valence-electron chi connectivity index (χ2n) is 6.23. The molecule has 1 fully saturated rings. The van der Waals surface area contributed by atoms with Gasteiger partial charge in [0.05, 0.1) is 0 Å². The van der Waals surface area contributed by atoms with Gasteiger partial charge in [-0.2, -0.15) is 0 Å². The Morgan fingerprint density at radius 2 is 1.40 bits per heavy atom. The van der Waals surface area contributed by atoms with Gasteiger partial charge in [-0.3, -0.25) is 9.59 Å². The highest BCUT2D eigenvalue weighted by Gasteiger charge is 2.69. The number of amides is 1. The normalized spacial score (nSPS) is 23.6. The molecule has 0 saturated heterocycles. The van der Waals surface area contributed by atoms with Crippen LogP contribution in [0.5, 0.6) is 0 Å². The van der Waals surface area contributed by atoms with Crippen molar-refractivity contribution in [2.24, 2.45) is 27.9 Å². The predicted octanol–water partition coefficient (Wildman–Crippen LogP) is 1.75. The second-order valence-corrected chi connectivity index (χ2v) is 6.23. The predicted molar refractivity (Wildman–Crippen MR) is 59.0 cm³/mol. The van der Waals surface area contributed by atoms with Crippen molar-refractivity contribution in [1.29, 1.82) is 0 Å². The van der Waals surface area contributed by atoms with Gasteiger partial charge in [-0.05, 0) is 24.7 Å². The third-order valence-electron chi connectivity index (χ3n) is 4.51. The number of ketones is 1. The van der Waals surface area contributed by atoms with Crippen molar-refractivity contribution in [1.82, 2.24) is 0 Å². The highest BCUT2D eigenvalue weighted by Crippen LogP contribution is 2.69. The number of rotatable bonds is 3. The average Bonchev–Trinajstić information content (AvgIpc) is 2.41. The first-order valence-electron chi connectivity index (χ1n) is 5.31. The molecule has 3 heteroatoms. The Kier molecular flexibility index (Phi) is 2.31. The first-order chi connectivity index (χ1) is 6.47. The van der Waals surface area contributed by atoms with E-state index in [2.05, 4.69) is 27.7 Å². The summed E-state index contributed by atoms with van der Waals surface area (Å²) in [5.74, 6) is -0.622. The SMILES string of the molecule is CC(C)(C(N)=O)C(=O)C1C(C)(C)C1(C)C. The van der Waals surface area contributed by atoms with Crippen LogP contribution >= 0.6 is 0 Å². The van der Waals surface area contributed by atoms with E-state index in [1.807, 2.05) is 0 Å². The van der Waals surface area contributed by atoms with Crippen molar-refractivity contribution in [3.05, 3.63) is 0 Å². The van der Waals surface area contributed by atoms with Crippen LogP contribution in [0.25, 0.3) is 0 Å². The fourth-order valence-electron chi connectivity index (χ4n) is 2.33. The van der Waals surface area contributed by atoms with Crippen LogP contribution in [0.2, 0.25) is 0 Å². The maximum atomic E-state index is 12.2. The Labute approximate surface area is 91.4 Å². The number of primary amides is 1. The van der Waals surface area contributed by atoms with Crippen LogP contribution < -0.4 is 5.73 Å². The zero-order chi connectivity index (χ0) is 12.2. The van der Waals surface area contributed by atoms with E-state index in [-0.39, 0.29) is 22.5 Å². The van der Waals surface area contributed by atoms with E-state index in [1.165, 1.54) is 0 Å². The fraction of sp³-hybridized carbons (Fsp3) is 0.833. The van der Waals surface area contributed by atoms with E-state index in [4.69, 9.17) is 5.73 Å². The number of carbonyl (C=O) groups excluding carboxylic acids is 2. The molecule has 1 amide bonds. The van der Waals surface area contributed by atoms with E-state index in [1.54, 1.807) is 13.8 Å². The molecular weight excluding hydrogens is 190 g/mol. The smallest absolute Gasteiger partial charge is 0.230 e. The summed E-state index contributed by atoms with van der Waals surface area (Å²) in [7, 11) is 0. The van der Waals surface area contributed by atoms with Crippen LogP contribution in [0.15, 0.2) is 0 Å². The van der Waals surface area contributed by atoms with Crippen molar-refractivity contribution in [3.8, 4) is 0 Å². The quantitative estimate of drug-likeness (QED) is 0.723. The van der Waals surface area contributed by atoms with Crippen LogP contribution in [0.1, 0.15) is 41.5 Å². The van der Waals surface area contributed by atoms with Gasteiger partial charge in [0.15, 0.2) is 5.78 Å². The van der Waals surface area contributed by atoms with Gasteiger partial charge in [0.1, 0.15) is 5.41 Å². The first kappa shape index (κ1) is 12.2. The highest BCUT2D eigenvalue weighted by molar-refractivity contribution is 6.07. The molecule has 0 radical (unpaired) electrons. The van der Waals surface area contributed by atoms with Crippen molar-refractivity contribution < 1.29 is 9.59 Å². The van der Waals surface area contributed by atoms with Gasteiger partial charge >= 0.3 is 0 Å². The van der Waals surface area contributed by atoms with Crippen molar-refractivity contribution >= 4 is 11.7 Å². The lowest BCUT2D eigenvalue weighted by Crippen LogP contribution is -2.40. The van der Waals surface area contributed by atoms with Crippen LogP contribution in [0.3, 0.4) is 0 Å². The summed E-state index contributed by atoms with van der Waals surface area (Å²) >= 11 is 0. The van der Waals surface area contributed by atoms with E-state index in [0.29, 0.717) is 0 Å². The van der Waals surface area contributed by atoms with Crippen LogP contribution in [0, 0.1) is 22.2 Å². The molecule has 2 N–H and O–H groups in total. The van der Waals surface area contributed by atoms with Crippen LogP contribution in [-0.2, 0) is 9.59 Å². The maximum absolute atomic E-state index is 12.2. The van der Waals surface area contributed by atoms with E-state index >= 15 is 0 Å². The molecule has 1 rings (SSSR count). The molecule has 0 unspecified atom stereocenters. The van der Waals surface area contributed by atoms with Gasteiger partial charge in [0, 0.05) is 5.92 Å². The largest absolute Gasteiger partial charge is 0.369 e. The molecule has 15 heavy (non-hydrogen) atoms. The summed E-state index contributed by atoms with van der Waals surface area (Å²) in [6, 6.07) is 0. The molecule has 0 bridgehead atoms. The first-order valence-corrected chi connectivity index (χ1v) is 5.31. The van der Waals surface area contributed by atoms with Crippen molar-refractivity contribution in [2.45, 2.75) is 41.5 Å². The Bertz CT molecular complexity index is 313. The average molecular weight is 211 g/mol. The molecule has 0 heterocycles. The lowest BCUT2D eigenvalue weighted by atomic mass is 9.82. The minimum Gasteiger partial charge on any atom is -0.369 e. The zero-order valence-electron chi connectivity index (χ0n) is 10.5. The summed E-state index contributed by atoms with van der Waals surface area (Å²) < 4.78 is 0.